The van der Waals surface area contributed by atoms with E-state index in [1.807, 2.05) is 17.8 Å². The standard InChI is InChI=1S/C15H19NOS/c1-17-15-8-7-12(11-16-9-10-18-2)13-5-3-4-6-14(13)15/h3-8,16H,9-11H2,1-2H3. The van der Waals surface area contributed by atoms with Gasteiger partial charge in [-0.1, -0.05) is 30.3 Å². The summed E-state index contributed by atoms with van der Waals surface area (Å²) in [4.78, 5) is 0. The second kappa shape index (κ2) is 6.66. The van der Waals surface area contributed by atoms with Crippen molar-refractivity contribution in [2.45, 2.75) is 6.54 Å². The van der Waals surface area contributed by atoms with Gasteiger partial charge in [0, 0.05) is 24.2 Å². The van der Waals surface area contributed by atoms with Crippen molar-refractivity contribution in [1.29, 1.82) is 0 Å². The van der Waals surface area contributed by atoms with Crippen molar-refractivity contribution >= 4 is 22.5 Å². The van der Waals surface area contributed by atoms with E-state index in [4.69, 9.17) is 4.74 Å². The molecule has 0 amide bonds. The molecule has 0 saturated heterocycles. The lowest BCUT2D eigenvalue weighted by Gasteiger charge is -2.11. The van der Waals surface area contributed by atoms with Crippen LogP contribution in [0, 0.1) is 0 Å². The van der Waals surface area contributed by atoms with Crippen molar-refractivity contribution in [2.24, 2.45) is 0 Å². The van der Waals surface area contributed by atoms with Gasteiger partial charge < -0.3 is 10.1 Å². The first-order chi connectivity index (χ1) is 8.86. The first-order valence-electron chi connectivity index (χ1n) is 6.11. The molecule has 0 aliphatic heterocycles. The molecule has 0 heterocycles. The average Bonchev–Trinajstić information content (AvgIpc) is 2.43. The number of benzene rings is 2. The maximum absolute atomic E-state index is 5.40. The molecule has 96 valence electrons. The summed E-state index contributed by atoms with van der Waals surface area (Å²) >= 11 is 1.86. The quantitative estimate of drug-likeness (QED) is 0.806. The van der Waals surface area contributed by atoms with Gasteiger partial charge in [0.05, 0.1) is 7.11 Å². The van der Waals surface area contributed by atoms with Gasteiger partial charge in [-0.05, 0) is 23.3 Å². The number of thioether (sulfide) groups is 1. The molecule has 0 saturated carbocycles. The molecule has 0 radical (unpaired) electrons. The SMILES string of the molecule is COc1ccc(CNCCSC)c2ccccc12. The number of ether oxygens (including phenoxy) is 1. The fourth-order valence-corrected chi connectivity index (χ4v) is 2.41. The van der Waals surface area contributed by atoms with E-state index in [1.54, 1.807) is 7.11 Å². The monoisotopic (exact) mass is 261 g/mol. The number of fused-ring (bicyclic) bond motifs is 1. The van der Waals surface area contributed by atoms with Crippen LogP contribution in [0.5, 0.6) is 5.75 Å². The molecule has 0 bridgehead atoms. The van der Waals surface area contributed by atoms with E-state index >= 15 is 0 Å². The Morgan fingerprint density at radius 1 is 1.11 bits per heavy atom. The molecule has 2 aromatic rings. The molecule has 2 rings (SSSR count). The zero-order valence-corrected chi connectivity index (χ0v) is 11.7. The predicted octanol–water partition coefficient (Wildman–Crippen LogP) is 3.30. The Hall–Kier alpha value is -1.19. The van der Waals surface area contributed by atoms with Gasteiger partial charge >= 0.3 is 0 Å². The third-order valence-electron chi connectivity index (χ3n) is 2.99. The maximum atomic E-state index is 5.40. The van der Waals surface area contributed by atoms with Gasteiger partial charge in [0.1, 0.15) is 5.75 Å². The van der Waals surface area contributed by atoms with Gasteiger partial charge in [0.2, 0.25) is 0 Å². The van der Waals surface area contributed by atoms with Gasteiger partial charge in [-0.3, -0.25) is 0 Å². The maximum Gasteiger partial charge on any atom is 0.126 e. The van der Waals surface area contributed by atoms with Gasteiger partial charge in [-0.15, -0.1) is 0 Å². The highest BCUT2D eigenvalue weighted by Crippen LogP contribution is 2.28. The zero-order chi connectivity index (χ0) is 12.8. The third-order valence-corrected chi connectivity index (χ3v) is 3.61. The van der Waals surface area contributed by atoms with Gasteiger partial charge in [0.25, 0.3) is 0 Å². The molecule has 0 fully saturated rings. The van der Waals surface area contributed by atoms with Crippen LogP contribution >= 0.6 is 11.8 Å². The van der Waals surface area contributed by atoms with E-state index in [9.17, 15) is 0 Å². The molecular formula is C15H19NOS. The molecule has 0 aromatic heterocycles. The van der Waals surface area contributed by atoms with Crippen molar-refractivity contribution < 1.29 is 4.74 Å². The van der Waals surface area contributed by atoms with Crippen LogP contribution in [0.4, 0.5) is 0 Å². The van der Waals surface area contributed by atoms with Crippen molar-refractivity contribution in [1.82, 2.24) is 5.32 Å². The molecular weight excluding hydrogens is 242 g/mol. The van der Waals surface area contributed by atoms with E-state index < -0.39 is 0 Å². The molecule has 0 unspecified atom stereocenters. The van der Waals surface area contributed by atoms with Crippen LogP contribution in [-0.2, 0) is 6.54 Å². The second-order valence-corrected chi connectivity index (χ2v) is 5.13. The largest absolute Gasteiger partial charge is 0.496 e. The van der Waals surface area contributed by atoms with Crippen LogP contribution < -0.4 is 10.1 Å². The lowest BCUT2D eigenvalue weighted by atomic mass is 10.0. The summed E-state index contributed by atoms with van der Waals surface area (Å²) < 4.78 is 5.40. The summed E-state index contributed by atoms with van der Waals surface area (Å²) in [5.41, 5.74) is 1.33. The molecule has 2 nitrogen and oxygen atoms in total. The van der Waals surface area contributed by atoms with E-state index in [0.29, 0.717) is 0 Å². The Kier molecular flexibility index (Phi) is 4.90. The van der Waals surface area contributed by atoms with Crippen molar-refractivity contribution in [2.75, 3.05) is 25.7 Å². The van der Waals surface area contributed by atoms with E-state index in [2.05, 4.69) is 41.9 Å². The minimum Gasteiger partial charge on any atom is -0.496 e. The lowest BCUT2D eigenvalue weighted by molar-refractivity contribution is 0.419. The molecule has 3 heteroatoms. The highest BCUT2D eigenvalue weighted by atomic mass is 32.2. The van der Waals surface area contributed by atoms with E-state index in [-0.39, 0.29) is 0 Å². The fraction of sp³-hybridized carbons (Fsp3) is 0.333. The number of hydrogen-bond donors (Lipinski definition) is 1. The highest BCUT2D eigenvalue weighted by molar-refractivity contribution is 7.98. The Morgan fingerprint density at radius 3 is 2.61 bits per heavy atom. The minimum absolute atomic E-state index is 0.908. The Morgan fingerprint density at radius 2 is 1.89 bits per heavy atom. The first kappa shape index (κ1) is 13.2. The minimum atomic E-state index is 0.908. The van der Waals surface area contributed by atoms with Crippen molar-refractivity contribution in [3.05, 3.63) is 42.0 Å². The van der Waals surface area contributed by atoms with Gasteiger partial charge in [-0.2, -0.15) is 11.8 Å². The number of methoxy groups -OCH3 is 1. The molecule has 1 N–H and O–H groups in total. The Labute approximate surface area is 113 Å². The van der Waals surface area contributed by atoms with Crippen LogP contribution in [0.2, 0.25) is 0 Å². The smallest absolute Gasteiger partial charge is 0.126 e. The third kappa shape index (κ3) is 2.98. The topological polar surface area (TPSA) is 21.3 Å². The summed E-state index contributed by atoms with van der Waals surface area (Å²) in [6, 6.07) is 12.6. The fourth-order valence-electron chi connectivity index (χ4n) is 2.06. The summed E-state index contributed by atoms with van der Waals surface area (Å²) in [5.74, 6) is 2.09. The number of hydrogen-bond acceptors (Lipinski definition) is 3. The van der Waals surface area contributed by atoms with Crippen LogP contribution in [0.25, 0.3) is 10.8 Å². The van der Waals surface area contributed by atoms with Crippen molar-refractivity contribution in [3.8, 4) is 5.75 Å². The lowest BCUT2D eigenvalue weighted by Crippen LogP contribution is -2.16. The number of nitrogens with one attached hydrogen (secondary N) is 1. The van der Waals surface area contributed by atoms with Crippen LogP contribution in [0.15, 0.2) is 36.4 Å². The summed E-state index contributed by atoms with van der Waals surface area (Å²) in [7, 11) is 1.72. The normalized spacial score (nSPS) is 10.8. The summed E-state index contributed by atoms with van der Waals surface area (Å²) in [5, 5.41) is 5.93. The molecule has 2 aromatic carbocycles. The summed E-state index contributed by atoms with van der Waals surface area (Å²) in [6.45, 7) is 1.95. The van der Waals surface area contributed by atoms with Crippen LogP contribution in [0.3, 0.4) is 0 Å². The van der Waals surface area contributed by atoms with Gasteiger partial charge in [0.15, 0.2) is 0 Å². The zero-order valence-electron chi connectivity index (χ0n) is 10.9. The van der Waals surface area contributed by atoms with E-state index in [0.717, 1.165) is 24.6 Å². The Bertz CT molecular complexity index is 513. The molecule has 0 spiro atoms. The summed E-state index contributed by atoms with van der Waals surface area (Å²) in [6.07, 6.45) is 2.13. The van der Waals surface area contributed by atoms with E-state index in [1.165, 1.54) is 16.3 Å². The highest BCUT2D eigenvalue weighted by Gasteiger charge is 2.05. The van der Waals surface area contributed by atoms with Crippen LogP contribution in [0.1, 0.15) is 5.56 Å². The van der Waals surface area contributed by atoms with Crippen molar-refractivity contribution in [3.63, 3.8) is 0 Å². The molecule has 0 aliphatic carbocycles. The number of rotatable bonds is 6. The second-order valence-electron chi connectivity index (χ2n) is 4.14. The molecule has 0 atom stereocenters. The first-order valence-corrected chi connectivity index (χ1v) is 7.50. The van der Waals surface area contributed by atoms with Gasteiger partial charge in [-0.25, -0.2) is 0 Å². The molecule has 18 heavy (non-hydrogen) atoms. The Balaban J connectivity index is 2.23. The molecule has 0 aliphatic rings. The average molecular weight is 261 g/mol. The predicted molar refractivity (Wildman–Crippen MR) is 80.6 cm³/mol. The van der Waals surface area contributed by atoms with Crippen LogP contribution in [-0.4, -0.2) is 25.7 Å².